The van der Waals surface area contributed by atoms with Gasteiger partial charge in [-0.15, -0.1) is 0 Å². The maximum Gasteiger partial charge on any atom is 0.254 e. The Morgan fingerprint density at radius 1 is 1.28 bits per heavy atom. The van der Waals surface area contributed by atoms with Crippen LogP contribution >= 0.6 is 11.6 Å². The third-order valence-electron chi connectivity index (χ3n) is 4.66. The maximum atomic E-state index is 12.7. The Hall–Kier alpha value is -2.33. The molecule has 0 aliphatic heterocycles. The molecule has 0 saturated heterocycles. The second-order valence-corrected chi connectivity index (χ2v) is 6.98. The lowest BCUT2D eigenvalue weighted by atomic mass is 10.1. The topological polar surface area (TPSA) is 55.1 Å². The van der Waals surface area contributed by atoms with Crippen molar-refractivity contribution >= 4 is 28.5 Å². The monoisotopic (exact) mass is 354 g/mol. The number of aromatic nitrogens is 1. The van der Waals surface area contributed by atoms with Gasteiger partial charge < -0.3 is 9.73 Å². The van der Waals surface area contributed by atoms with E-state index in [0.717, 1.165) is 41.0 Å². The number of aryl methyl sites for hydroxylation is 1. The fourth-order valence-corrected chi connectivity index (χ4v) is 3.30. The summed E-state index contributed by atoms with van der Waals surface area (Å²) in [5.41, 5.74) is 3.16. The van der Waals surface area contributed by atoms with Gasteiger partial charge in [0.2, 0.25) is 0 Å². The van der Waals surface area contributed by atoms with Gasteiger partial charge >= 0.3 is 0 Å². The number of hydrogen-bond donors (Lipinski definition) is 1. The van der Waals surface area contributed by atoms with Crippen molar-refractivity contribution in [1.82, 2.24) is 10.3 Å². The minimum absolute atomic E-state index is 0.170. The van der Waals surface area contributed by atoms with E-state index < -0.39 is 0 Å². The average Bonchev–Trinajstić information content (AvgIpc) is 3.33. The normalized spacial score (nSPS) is 14.0. The summed E-state index contributed by atoms with van der Waals surface area (Å²) in [4.78, 5) is 17.1. The molecular weight excluding hydrogens is 336 g/mol. The molecule has 3 aromatic rings. The number of nitrogens with one attached hydrogen (secondary N) is 1. The van der Waals surface area contributed by atoms with E-state index in [1.165, 1.54) is 12.8 Å². The number of furan rings is 1. The van der Waals surface area contributed by atoms with E-state index in [1.54, 1.807) is 18.5 Å². The minimum atomic E-state index is -0.170. The molecule has 25 heavy (non-hydrogen) atoms. The zero-order chi connectivity index (χ0) is 17.2. The van der Waals surface area contributed by atoms with Crippen LogP contribution in [0.4, 0.5) is 0 Å². The molecule has 0 bridgehead atoms. The first-order chi connectivity index (χ1) is 12.2. The number of carbonyl (C=O) groups is 1. The van der Waals surface area contributed by atoms with Gasteiger partial charge in [0, 0.05) is 18.1 Å². The van der Waals surface area contributed by atoms with Crippen LogP contribution in [-0.4, -0.2) is 10.9 Å². The van der Waals surface area contributed by atoms with E-state index in [9.17, 15) is 4.79 Å². The van der Waals surface area contributed by atoms with Crippen molar-refractivity contribution in [3.05, 3.63) is 64.6 Å². The minimum Gasteiger partial charge on any atom is -0.464 e. The van der Waals surface area contributed by atoms with Crippen molar-refractivity contribution in [1.29, 1.82) is 0 Å². The Bertz CT molecular complexity index is 915. The Labute approximate surface area is 151 Å². The molecule has 1 N–H and O–H groups in total. The van der Waals surface area contributed by atoms with Gasteiger partial charge in [0.15, 0.2) is 0 Å². The zero-order valence-corrected chi connectivity index (χ0v) is 14.6. The number of nitrogens with zero attached hydrogens (tertiary/aromatic N) is 1. The summed E-state index contributed by atoms with van der Waals surface area (Å²) in [5, 5.41) is 4.45. The number of amides is 1. The molecule has 1 fully saturated rings. The molecule has 1 aliphatic carbocycles. The Balaban J connectivity index is 1.47. The number of halogens is 1. The lowest BCUT2D eigenvalue weighted by molar-refractivity contribution is 0.0949. The molecular formula is C20H19ClN2O2. The number of fused-ring (bicyclic) bond motifs is 1. The fraction of sp³-hybridized carbons (Fsp3) is 0.300. The van der Waals surface area contributed by atoms with Crippen LogP contribution in [0.3, 0.4) is 0 Å². The highest BCUT2D eigenvalue weighted by Crippen LogP contribution is 2.34. The molecule has 1 amide bonds. The van der Waals surface area contributed by atoms with E-state index in [1.807, 2.05) is 24.3 Å². The number of pyridine rings is 1. The first-order valence-corrected chi connectivity index (χ1v) is 8.96. The Morgan fingerprint density at radius 3 is 3.00 bits per heavy atom. The van der Waals surface area contributed by atoms with E-state index in [-0.39, 0.29) is 5.91 Å². The molecule has 0 radical (unpaired) electrons. The summed E-state index contributed by atoms with van der Waals surface area (Å²) in [7, 11) is 0. The van der Waals surface area contributed by atoms with Crippen molar-refractivity contribution in [2.45, 2.75) is 32.2 Å². The Kier molecular flexibility index (Phi) is 4.45. The van der Waals surface area contributed by atoms with Gasteiger partial charge in [0.05, 0.1) is 22.5 Å². The Morgan fingerprint density at radius 2 is 2.16 bits per heavy atom. The molecule has 0 atom stereocenters. The summed E-state index contributed by atoms with van der Waals surface area (Å²) < 4.78 is 5.34. The standard InChI is InChI=1S/C20H19ClN2O2/c21-16-7-9-22-17(5-3-13-1-2-13)19(16)20(24)23-12-14-4-6-18-15(11-14)8-10-25-18/h4,6-11,13H,1-3,5,12H2,(H,23,24). The van der Waals surface area contributed by atoms with Crippen LogP contribution < -0.4 is 5.32 Å². The zero-order valence-electron chi connectivity index (χ0n) is 13.8. The second kappa shape index (κ2) is 6.89. The number of benzene rings is 1. The summed E-state index contributed by atoms with van der Waals surface area (Å²) in [5.74, 6) is 0.620. The fourth-order valence-electron chi connectivity index (χ4n) is 3.05. The second-order valence-electron chi connectivity index (χ2n) is 6.57. The van der Waals surface area contributed by atoms with Crippen LogP contribution in [0, 0.1) is 5.92 Å². The van der Waals surface area contributed by atoms with Crippen molar-refractivity contribution in [3.8, 4) is 0 Å². The number of hydrogen-bond acceptors (Lipinski definition) is 3. The van der Waals surface area contributed by atoms with Crippen molar-refractivity contribution in [2.24, 2.45) is 5.92 Å². The van der Waals surface area contributed by atoms with Gasteiger partial charge in [-0.05, 0) is 48.6 Å². The molecule has 1 aliphatic rings. The smallest absolute Gasteiger partial charge is 0.254 e. The van der Waals surface area contributed by atoms with Crippen LogP contribution in [0.15, 0.2) is 47.2 Å². The van der Waals surface area contributed by atoms with E-state index in [4.69, 9.17) is 16.0 Å². The maximum absolute atomic E-state index is 12.7. The van der Waals surface area contributed by atoms with Crippen LogP contribution in [0.25, 0.3) is 11.0 Å². The summed E-state index contributed by atoms with van der Waals surface area (Å²) in [6.45, 7) is 0.438. The molecule has 4 rings (SSSR count). The van der Waals surface area contributed by atoms with Crippen LogP contribution in [0.1, 0.15) is 40.9 Å². The van der Waals surface area contributed by atoms with Crippen LogP contribution in [-0.2, 0) is 13.0 Å². The van der Waals surface area contributed by atoms with Gasteiger partial charge in [-0.2, -0.15) is 0 Å². The van der Waals surface area contributed by atoms with Gasteiger partial charge in [0.25, 0.3) is 5.91 Å². The lowest BCUT2D eigenvalue weighted by Gasteiger charge is -2.11. The highest BCUT2D eigenvalue weighted by molar-refractivity contribution is 6.34. The molecule has 2 aromatic heterocycles. The lowest BCUT2D eigenvalue weighted by Crippen LogP contribution is -2.25. The highest BCUT2D eigenvalue weighted by Gasteiger charge is 2.23. The van der Waals surface area contributed by atoms with Crippen LogP contribution in [0.5, 0.6) is 0 Å². The molecule has 0 spiro atoms. The van der Waals surface area contributed by atoms with E-state index >= 15 is 0 Å². The summed E-state index contributed by atoms with van der Waals surface area (Å²) in [6.07, 6.45) is 7.79. The highest BCUT2D eigenvalue weighted by atomic mass is 35.5. The van der Waals surface area contributed by atoms with Gasteiger partial charge in [-0.25, -0.2) is 0 Å². The predicted octanol–water partition coefficient (Wildman–Crippen LogP) is 4.75. The quantitative estimate of drug-likeness (QED) is 0.694. The number of rotatable bonds is 6. The summed E-state index contributed by atoms with van der Waals surface area (Å²) in [6, 6.07) is 9.46. The molecule has 128 valence electrons. The van der Waals surface area contributed by atoms with E-state index in [2.05, 4.69) is 10.3 Å². The molecule has 1 saturated carbocycles. The molecule has 5 heteroatoms. The third kappa shape index (κ3) is 3.69. The molecule has 4 nitrogen and oxygen atoms in total. The van der Waals surface area contributed by atoms with Crippen LogP contribution in [0.2, 0.25) is 5.02 Å². The van der Waals surface area contributed by atoms with Gasteiger partial charge in [-0.1, -0.05) is 30.5 Å². The first-order valence-electron chi connectivity index (χ1n) is 8.58. The SMILES string of the molecule is O=C(NCc1ccc2occc2c1)c1c(Cl)ccnc1CCC1CC1. The molecule has 0 unspecified atom stereocenters. The summed E-state index contributed by atoms with van der Waals surface area (Å²) >= 11 is 6.29. The average molecular weight is 355 g/mol. The van der Waals surface area contributed by atoms with Gasteiger partial charge in [0.1, 0.15) is 5.58 Å². The third-order valence-corrected chi connectivity index (χ3v) is 4.98. The predicted molar refractivity (Wildman–Crippen MR) is 97.7 cm³/mol. The molecule has 2 heterocycles. The number of carbonyl (C=O) groups excluding carboxylic acids is 1. The first kappa shape index (κ1) is 16.2. The van der Waals surface area contributed by atoms with Crippen molar-refractivity contribution in [3.63, 3.8) is 0 Å². The van der Waals surface area contributed by atoms with Crippen molar-refractivity contribution in [2.75, 3.05) is 0 Å². The van der Waals surface area contributed by atoms with Gasteiger partial charge in [-0.3, -0.25) is 9.78 Å². The molecule has 1 aromatic carbocycles. The van der Waals surface area contributed by atoms with Crippen molar-refractivity contribution < 1.29 is 9.21 Å². The van der Waals surface area contributed by atoms with E-state index in [0.29, 0.717) is 17.1 Å². The largest absolute Gasteiger partial charge is 0.464 e.